The molecule has 21 heavy (non-hydrogen) atoms. The molecule has 0 radical (unpaired) electrons. The van der Waals surface area contributed by atoms with Crippen molar-refractivity contribution in [1.82, 2.24) is 10.6 Å². The molecule has 0 spiro atoms. The van der Waals surface area contributed by atoms with Crippen LogP contribution in [-0.2, 0) is 4.79 Å². The van der Waals surface area contributed by atoms with E-state index in [9.17, 15) is 4.79 Å². The highest BCUT2D eigenvalue weighted by molar-refractivity contribution is 5.82. The third kappa shape index (κ3) is 3.85. The van der Waals surface area contributed by atoms with Crippen molar-refractivity contribution in [2.75, 3.05) is 6.54 Å². The number of rotatable bonds is 3. The van der Waals surface area contributed by atoms with Crippen molar-refractivity contribution in [2.24, 2.45) is 0 Å². The van der Waals surface area contributed by atoms with Gasteiger partial charge in [0.1, 0.15) is 0 Å². The second-order valence-corrected chi connectivity index (χ2v) is 6.47. The summed E-state index contributed by atoms with van der Waals surface area (Å²) in [4.78, 5) is 12.2. The summed E-state index contributed by atoms with van der Waals surface area (Å²) in [7, 11) is 0. The van der Waals surface area contributed by atoms with Crippen LogP contribution in [0.25, 0.3) is 0 Å². The minimum absolute atomic E-state index is 0.0468. The maximum absolute atomic E-state index is 12.2. The fourth-order valence-corrected chi connectivity index (χ4v) is 3.67. The standard InChI is InChI=1S/C18H26N2O/c21-18(17-8-4-5-13-19-17)20-16-11-9-15(10-12-16)14-6-2-1-3-7-14/h1-3,6-7,15-17,19H,4-5,8-13H2,(H,20,21)/t15?,16?,17-/m0/s1. The summed E-state index contributed by atoms with van der Waals surface area (Å²) in [5, 5.41) is 6.59. The van der Waals surface area contributed by atoms with Crippen molar-refractivity contribution in [2.45, 2.75) is 62.9 Å². The van der Waals surface area contributed by atoms with Gasteiger partial charge in [-0.05, 0) is 56.6 Å². The van der Waals surface area contributed by atoms with E-state index in [1.54, 1.807) is 0 Å². The van der Waals surface area contributed by atoms with Crippen molar-refractivity contribution in [1.29, 1.82) is 0 Å². The van der Waals surface area contributed by atoms with Crippen LogP contribution in [0.1, 0.15) is 56.4 Å². The molecule has 1 saturated carbocycles. The smallest absolute Gasteiger partial charge is 0.237 e. The Hall–Kier alpha value is -1.35. The third-order valence-electron chi connectivity index (χ3n) is 4.97. The van der Waals surface area contributed by atoms with Gasteiger partial charge >= 0.3 is 0 Å². The zero-order valence-corrected chi connectivity index (χ0v) is 12.7. The van der Waals surface area contributed by atoms with Crippen molar-refractivity contribution >= 4 is 5.91 Å². The fraction of sp³-hybridized carbons (Fsp3) is 0.611. The Morgan fingerprint density at radius 1 is 1.00 bits per heavy atom. The monoisotopic (exact) mass is 286 g/mol. The van der Waals surface area contributed by atoms with Crippen LogP contribution < -0.4 is 10.6 Å². The molecule has 1 aliphatic carbocycles. The van der Waals surface area contributed by atoms with E-state index < -0.39 is 0 Å². The van der Waals surface area contributed by atoms with E-state index in [2.05, 4.69) is 41.0 Å². The molecule has 1 saturated heterocycles. The van der Waals surface area contributed by atoms with Crippen molar-refractivity contribution < 1.29 is 4.79 Å². The van der Waals surface area contributed by atoms with Gasteiger partial charge in [-0.15, -0.1) is 0 Å². The van der Waals surface area contributed by atoms with E-state index in [4.69, 9.17) is 0 Å². The zero-order chi connectivity index (χ0) is 14.5. The van der Waals surface area contributed by atoms with E-state index in [1.165, 1.54) is 31.2 Å². The second kappa shape index (κ2) is 7.08. The number of carbonyl (C=O) groups excluding carboxylic acids is 1. The number of carbonyl (C=O) groups is 1. The molecule has 1 aromatic carbocycles. The summed E-state index contributed by atoms with van der Waals surface area (Å²) in [5.74, 6) is 0.894. The SMILES string of the molecule is O=C(NC1CCC(c2ccccc2)CC1)[C@@H]1CCCCN1. The van der Waals surface area contributed by atoms with E-state index in [1.807, 2.05) is 0 Å². The predicted octanol–water partition coefficient (Wildman–Crippen LogP) is 2.97. The van der Waals surface area contributed by atoms with Crippen LogP contribution in [0.5, 0.6) is 0 Å². The topological polar surface area (TPSA) is 41.1 Å². The first-order valence-corrected chi connectivity index (χ1v) is 8.41. The van der Waals surface area contributed by atoms with Gasteiger partial charge in [0.05, 0.1) is 6.04 Å². The Morgan fingerprint density at radius 3 is 2.43 bits per heavy atom. The molecule has 1 atom stereocenters. The number of benzene rings is 1. The molecule has 1 heterocycles. The van der Waals surface area contributed by atoms with Gasteiger partial charge in [0.2, 0.25) is 5.91 Å². The summed E-state index contributed by atoms with van der Waals surface area (Å²) in [6.45, 7) is 0.985. The number of nitrogens with one attached hydrogen (secondary N) is 2. The molecule has 3 rings (SSSR count). The van der Waals surface area contributed by atoms with Crippen molar-refractivity contribution in [3.8, 4) is 0 Å². The van der Waals surface area contributed by atoms with Crippen molar-refractivity contribution in [3.05, 3.63) is 35.9 Å². The number of piperidine rings is 1. The molecule has 0 unspecified atom stereocenters. The second-order valence-electron chi connectivity index (χ2n) is 6.47. The molecule has 1 aliphatic heterocycles. The number of hydrogen-bond donors (Lipinski definition) is 2. The third-order valence-corrected chi connectivity index (χ3v) is 4.97. The lowest BCUT2D eigenvalue weighted by Gasteiger charge is -2.31. The molecule has 2 aliphatic rings. The Bertz CT molecular complexity index is 446. The van der Waals surface area contributed by atoms with Crippen LogP contribution in [0, 0.1) is 0 Å². The van der Waals surface area contributed by atoms with Gasteiger partial charge in [-0.25, -0.2) is 0 Å². The zero-order valence-electron chi connectivity index (χ0n) is 12.7. The van der Waals surface area contributed by atoms with E-state index in [0.29, 0.717) is 12.0 Å². The highest BCUT2D eigenvalue weighted by Gasteiger charge is 2.26. The van der Waals surface area contributed by atoms with Gasteiger partial charge in [0, 0.05) is 6.04 Å². The number of amides is 1. The normalized spacial score (nSPS) is 29.8. The largest absolute Gasteiger partial charge is 0.352 e. The Kier molecular flexibility index (Phi) is 4.91. The molecule has 1 amide bonds. The first-order chi connectivity index (χ1) is 10.3. The molecule has 3 nitrogen and oxygen atoms in total. The van der Waals surface area contributed by atoms with Gasteiger partial charge < -0.3 is 10.6 Å². The van der Waals surface area contributed by atoms with Crippen LogP contribution in [0.15, 0.2) is 30.3 Å². The molecule has 1 aromatic rings. The molecule has 0 aromatic heterocycles. The van der Waals surface area contributed by atoms with Crippen molar-refractivity contribution in [3.63, 3.8) is 0 Å². The average molecular weight is 286 g/mol. The van der Waals surface area contributed by atoms with Crippen LogP contribution in [0.3, 0.4) is 0 Å². The Labute approximate surface area is 127 Å². The molecular formula is C18H26N2O. The first-order valence-electron chi connectivity index (χ1n) is 8.41. The highest BCUT2D eigenvalue weighted by Crippen LogP contribution is 2.32. The fourth-order valence-electron chi connectivity index (χ4n) is 3.67. The quantitative estimate of drug-likeness (QED) is 0.897. The minimum Gasteiger partial charge on any atom is -0.352 e. The number of hydrogen-bond acceptors (Lipinski definition) is 2. The summed E-state index contributed by atoms with van der Waals surface area (Å²) in [5.41, 5.74) is 1.45. The van der Waals surface area contributed by atoms with Crippen LogP contribution in [0.4, 0.5) is 0 Å². The molecule has 114 valence electrons. The molecular weight excluding hydrogens is 260 g/mol. The van der Waals surface area contributed by atoms with Gasteiger partial charge in [-0.2, -0.15) is 0 Å². The van der Waals surface area contributed by atoms with E-state index in [-0.39, 0.29) is 11.9 Å². The van der Waals surface area contributed by atoms with Crippen LogP contribution in [-0.4, -0.2) is 24.5 Å². The summed E-state index contributed by atoms with van der Waals surface area (Å²) < 4.78 is 0. The Balaban J connectivity index is 1.46. The lowest BCUT2D eigenvalue weighted by atomic mass is 9.81. The minimum atomic E-state index is 0.0468. The van der Waals surface area contributed by atoms with E-state index in [0.717, 1.165) is 25.8 Å². The maximum Gasteiger partial charge on any atom is 0.237 e. The van der Waals surface area contributed by atoms with Gasteiger partial charge in [0.25, 0.3) is 0 Å². The van der Waals surface area contributed by atoms with Crippen LogP contribution >= 0.6 is 0 Å². The van der Waals surface area contributed by atoms with E-state index >= 15 is 0 Å². The highest BCUT2D eigenvalue weighted by atomic mass is 16.2. The molecule has 2 N–H and O–H groups in total. The predicted molar refractivity (Wildman–Crippen MR) is 85.2 cm³/mol. The lowest BCUT2D eigenvalue weighted by molar-refractivity contribution is -0.124. The first kappa shape index (κ1) is 14.6. The molecule has 0 bridgehead atoms. The lowest BCUT2D eigenvalue weighted by Crippen LogP contribution is -2.50. The van der Waals surface area contributed by atoms with Gasteiger partial charge in [-0.3, -0.25) is 4.79 Å². The summed E-state index contributed by atoms with van der Waals surface area (Å²) in [6, 6.07) is 11.2. The van der Waals surface area contributed by atoms with Gasteiger partial charge in [0.15, 0.2) is 0 Å². The summed E-state index contributed by atoms with van der Waals surface area (Å²) in [6.07, 6.45) is 7.96. The maximum atomic E-state index is 12.2. The molecule has 2 fully saturated rings. The average Bonchev–Trinajstić information content (AvgIpc) is 2.57. The molecule has 3 heteroatoms. The van der Waals surface area contributed by atoms with Gasteiger partial charge in [-0.1, -0.05) is 36.8 Å². The Morgan fingerprint density at radius 2 is 1.76 bits per heavy atom. The summed E-state index contributed by atoms with van der Waals surface area (Å²) >= 11 is 0. The van der Waals surface area contributed by atoms with Crippen LogP contribution in [0.2, 0.25) is 0 Å².